The summed E-state index contributed by atoms with van der Waals surface area (Å²) >= 11 is 0. The van der Waals surface area contributed by atoms with E-state index in [0.29, 0.717) is 11.8 Å². The van der Waals surface area contributed by atoms with Crippen LogP contribution < -0.4 is 10.2 Å². The maximum Gasteiger partial charge on any atom is 0.0465 e. The average molecular weight is 928 g/mol. The first kappa shape index (κ1) is 53.8. The molecule has 0 aliphatic heterocycles. The Labute approximate surface area is 423 Å². The number of anilines is 5. The Balaban J connectivity index is 1.47. The second-order valence-electron chi connectivity index (χ2n) is 21.7. The fourth-order valence-electron chi connectivity index (χ4n) is 12.6. The average Bonchev–Trinajstić information content (AvgIpc) is 3.63. The Morgan fingerprint density at radius 2 is 1.00 bits per heavy atom. The molecule has 2 nitrogen and oxygen atoms in total. The zero-order valence-corrected chi connectivity index (χ0v) is 45.6. The standard InChI is InChI=1S/C67H94N2/c1-12-20-22-24-26-28-47-67(48-29-27-25-23-21-13-2)63-49-57(68-56-36-32-55(33-37-56)66(18-7,19-8)53(16-5)17-6)38-44-61(63)62-45-43-60(50-64(62)67)69(58-39-30-52(31-40-58)51(9)15-4)59-41-34-54(35-42-59)65(10,11)46-14-3/h14,30-46,49-51,53,68H,12-13,15-29,47-48H2,1-11H3. The third-order valence-electron chi connectivity index (χ3n) is 17.1. The molecule has 6 rings (SSSR count). The molecule has 1 aliphatic carbocycles. The minimum Gasteiger partial charge on any atom is -0.356 e. The molecule has 0 saturated heterocycles. The summed E-state index contributed by atoms with van der Waals surface area (Å²) in [6.07, 6.45) is 28.5. The Hall–Kier alpha value is -4.56. The van der Waals surface area contributed by atoms with Gasteiger partial charge in [0.25, 0.3) is 0 Å². The van der Waals surface area contributed by atoms with E-state index < -0.39 is 0 Å². The van der Waals surface area contributed by atoms with Crippen LogP contribution in [-0.2, 0) is 16.2 Å². The van der Waals surface area contributed by atoms with Gasteiger partial charge < -0.3 is 10.2 Å². The summed E-state index contributed by atoms with van der Waals surface area (Å²) in [6, 6.07) is 43.3. The van der Waals surface area contributed by atoms with Gasteiger partial charge in [0.2, 0.25) is 0 Å². The molecule has 372 valence electrons. The number of benzene rings is 5. The molecule has 2 heteroatoms. The van der Waals surface area contributed by atoms with Gasteiger partial charge >= 0.3 is 0 Å². The van der Waals surface area contributed by atoms with Gasteiger partial charge in [-0.3, -0.25) is 0 Å². The fraction of sp³-hybridized carbons (Fsp3) is 0.522. The van der Waals surface area contributed by atoms with Crippen molar-refractivity contribution in [1.29, 1.82) is 0 Å². The predicted octanol–water partition coefficient (Wildman–Crippen LogP) is 21.5. The summed E-state index contributed by atoms with van der Waals surface area (Å²) < 4.78 is 0. The minimum absolute atomic E-state index is 0.0395. The molecule has 1 N–H and O–H groups in total. The first-order chi connectivity index (χ1) is 33.5. The van der Waals surface area contributed by atoms with E-state index in [1.807, 2.05) is 0 Å². The SMILES string of the molecule is CC=CC(C)(C)c1ccc(N(c2ccc(C(C)CC)cc2)c2ccc3c(c2)C(CCCCCCCC)(CCCCCCCC)c2cc(Nc4ccc(C(CC)(CC)C(CC)CC)cc4)ccc2-3)cc1. The largest absolute Gasteiger partial charge is 0.356 e. The number of fused-ring (bicyclic) bond motifs is 3. The predicted molar refractivity (Wildman–Crippen MR) is 306 cm³/mol. The van der Waals surface area contributed by atoms with Crippen LogP contribution in [0, 0.1) is 5.92 Å². The summed E-state index contributed by atoms with van der Waals surface area (Å²) in [6.45, 7) is 25.6. The molecule has 0 fully saturated rings. The van der Waals surface area contributed by atoms with Crippen LogP contribution in [0.1, 0.15) is 232 Å². The molecule has 0 heterocycles. The van der Waals surface area contributed by atoms with E-state index >= 15 is 0 Å². The van der Waals surface area contributed by atoms with Crippen molar-refractivity contribution in [2.24, 2.45) is 5.92 Å². The van der Waals surface area contributed by atoms with E-state index in [9.17, 15) is 0 Å². The Morgan fingerprint density at radius 1 is 0.522 bits per heavy atom. The van der Waals surface area contributed by atoms with Gasteiger partial charge in [0.05, 0.1) is 0 Å². The summed E-state index contributed by atoms with van der Waals surface area (Å²) in [5.41, 5.74) is 16.3. The van der Waals surface area contributed by atoms with Crippen molar-refractivity contribution in [1.82, 2.24) is 0 Å². The normalized spacial score (nSPS) is 13.8. The highest BCUT2D eigenvalue weighted by Crippen LogP contribution is 2.56. The highest BCUT2D eigenvalue weighted by atomic mass is 15.1. The minimum atomic E-state index is -0.0681. The summed E-state index contributed by atoms with van der Waals surface area (Å²) in [7, 11) is 0. The van der Waals surface area contributed by atoms with Crippen molar-refractivity contribution >= 4 is 28.4 Å². The molecule has 0 radical (unpaired) electrons. The van der Waals surface area contributed by atoms with Crippen LogP contribution in [0.15, 0.2) is 121 Å². The second kappa shape index (κ2) is 25.5. The molecule has 0 aromatic heterocycles. The third-order valence-corrected chi connectivity index (χ3v) is 17.1. The van der Waals surface area contributed by atoms with Crippen LogP contribution in [0.5, 0.6) is 0 Å². The van der Waals surface area contributed by atoms with Gasteiger partial charge in [-0.2, -0.15) is 0 Å². The van der Waals surface area contributed by atoms with Crippen LogP contribution in [0.3, 0.4) is 0 Å². The van der Waals surface area contributed by atoms with Gasteiger partial charge in [-0.05, 0) is 156 Å². The number of nitrogens with zero attached hydrogens (tertiary/aromatic N) is 1. The van der Waals surface area contributed by atoms with Crippen LogP contribution in [-0.4, -0.2) is 0 Å². The molecule has 0 bridgehead atoms. The van der Waals surface area contributed by atoms with Crippen LogP contribution >= 0.6 is 0 Å². The van der Waals surface area contributed by atoms with Crippen molar-refractivity contribution < 1.29 is 0 Å². The van der Waals surface area contributed by atoms with Crippen molar-refractivity contribution in [3.05, 3.63) is 149 Å². The molecule has 69 heavy (non-hydrogen) atoms. The third kappa shape index (κ3) is 12.3. The maximum atomic E-state index is 3.95. The number of nitrogens with one attached hydrogen (secondary N) is 1. The molecular formula is C67H94N2. The first-order valence-corrected chi connectivity index (χ1v) is 28.3. The number of rotatable bonds is 29. The van der Waals surface area contributed by atoms with E-state index in [-0.39, 0.29) is 16.2 Å². The lowest BCUT2D eigenvalue weighted by Crippen LogP contribution is -2.33. The van der Waals surface area contributed by atoms with Crippen LogP contribution in [0.2, 0.25) is 0 Å². The highest BCUT2D eigenvalue weighted by molar-refractivity contribution is 5.87. The Bertz CT molecular complexity index is 2300. The molecule has 5 aromatic carbocycles. The zero-order chi connectivity index (χ0) is 49.4. The summed E-state index contributed by atoms with van der Waals surface area (Å²) in [4.78, 5) is 2.53. The lowest BCUT2D eigenvalue weighted by atomic mass is 9.65. The van der Waals surface area contributed by atoms with Gasteiger partial charge in [-0.15, -0.1) is 0 Å². The van der Waals surface area contributed by atoms with Gasteiger partial charge in [0.15, 0.2) is 0 Å². The molecule has 1 aliphatic rings. The van der Waals surface area contributed by atoms with Crippen molar-refractivity contribution in [2.45, 2.75) is 220 Å². The van der Waals surface area contributed by atoms with Crippen molar-refractivity contribution in [2.75, 3.05) is 10.2 Å². The van der Waals surface area contributed by atoms with E-state index in [1.165, 1.54) is 183 Å². The van der Waals surface area contributed by atoms with Gasteiger partial charge in [0.1, 0.15) is 0 Å². The van der Waals surface area contributed by atoms with Crippen LogP contribution in [0.25, 0.3) is 11.1 Å². The molecule has 0 amide bonds. The van der Waals surface area contributed by atoms with Crippen molar-refractivity contribution in [3.8, 4) is 11.1 Å². The fourth-order valence-corrected chi connectivity index (χ4v) is 12.6. The summed E-state index contributed by atoms with van der Waals surface area (Å²) in [5, 5.41) is 3.95. The van der Waals surface area contributed by atoms with E-state index in [0.717, 1.165) is 6.42 Å². The zero-order valence-electron chi connectivity index (χ0n) is 45.6. The Morgan fingerprint density at radius 3 is 1.52 bits per heavy atom. The Kier molecular flexibility index (Phi) is 19.9. The van der Waals surface area contributed by atoms with E-state index in [2.05, 4.69) is 208 Å². The first-order valence-electron chi connectivity index (χ1n) is 28.3. The molecule has 1 unspecified atom stereocenters. The monoisotopic (exact) mass is 927 g/mol. The molecule has 0 saturated carbocycles. The number of unbranched alkanes of at least 4 members (excludes halogenated alkanes) is 10. The second-order valence-corrected chi connectivity index (χ2v) is 21.7. The van der Waals surface area contributed by atoms with E-state index in [4.69, 9.17) is 0 Å². The van der Waals surface area contributed by atoms with Crippen LogP contribution in [0.4, 0.5) is 28.4 Å². The van der Waals surface area contributed by atoms with Crippen molar-refractivity contribution in [3.63, 3.8) is 0 Å². The molecule has 1 atom stereocenters. The maximum absolute atomic E-state index is 3.95. The molecular weight excluding hydrogens is 833 g/mol. The highest BCUT2D eigenvalue weighted by Gasteiger charge is 2.43. The quantitative estimate of drug-likeness (QED) is 0.0380. The lowest BCUT2D eigenvalue weighted by Gasteiger charge is -2.40. The smallest absolute Gasteiger partial charge is 0.0465 e. The van der Waals surface area contributed by atoms with E-state index in [1.54, 1.807) is 0 Å². The topological polar surface area (TPSA) is 15.3 Å². The molecule has 0 spiro atoms. The van der Waals surface area contributed by atoms with Gasteiger partial charge in [0, 0.05) is 39.3 Å². The number of hydrogen-bond acceptors (Lipinski definition) is 2. The van der Waals surface area contributed by atoms with Gasteiger partial charge in [-0.25, -0.2) is 0 Å². The van der Waals surface area contributed by atoms with Gasteiger partial charge in [-0.1, -0.05) is 220 Å². The lowest BCUT2D eigenvalue weighted by molar-refractivity contribution is 0.231. The number of hydrogen-bond donors (Lipinski definition) is 1. The summed E-state index contributed by atoms with van der Waals surface area (Å²) in [5.74, 6) is 1.23. The number of allylic oxidation sites excluding steroid dienone is 2. The molecule has 5 aromatic rings.